The van der Waals surface area contributed by atoms with Crippen molar-refractivity contribution in [3.63, 3.8) is 0 Å². The molecule has 1 saturated heterocycles. The molecule has 1 N–H and O–H groups in total. The fourth-order valence-electron chi connectivity index (χ4n) is 4.30. The highest BCUT2D eigenvalue weighted by atomic mass is 15.2. The van der Waals surface area contributed by atoms with Crippen LogP contribution in [-0.2, 0) is 0 Å². The summed E-state index contributed by atoms with van der Waals surface area (Å²) in [5, 5.41) is 3.82. The molecule has 0 atom stereocenters. The zero-order valence-electron chi connectivity index (χ0n) is 15.2. The lowest BCUT2D eigenvalue weighted by atomic mass is 9.72. The molecule has 1 heterocycles. The van der Waals surface area contributed by atoms with Crippen molar-refractivity contribution in [2.24, 2.45) is 10.8 Å². The summed E-state index contributed by atoms with van der Waals surface area (Å²) in [7, 11) is 0. The van der Waals surface area contributed by atoms with Gasteiger partial charge in [-0.3, -0.25) is 0 Å². The molecule has 0 aromatic carbocycles. The zero-order chi connectivity index (χ0) is 15.6. The van der Waals surface area contributed by atoms with E-state index in [-0.39, 0.29) is 5.54 Å². The first-order chi connectivity index (χ1) is 9.70. The average Bonchev–Trinajstić information content (AvgIpc) is 2.36. The van der Waals surface area contributed by atoms with Crippen LogP contribution in [0.1, 0.15) is 79.6 Å². The minimum Gasteiger partial charge on any atom is -0.311 e. The molecule has 0 radical (unpaired) electrons. The van der Waals surface area contributed by atoms with Crippen LogP contribution in [0.3, 0.4) is 0 Å². The minimum atomic E-state index is 0.242. The van der Waals surface area contributed by atoms with Crippen molar-refractivity contribution in [1.29, 1.82) is 0 Å². The third kappa shape index (κ3) is 5.56. The molecule has 0 bridgehead atoms. The first kappa shape index (κ1) is 17.3. The third-order valence-electron chi connectivity index (χ3n) is 5.45. The lowest BCUT2D eigenvalue weighted by Crippen LogP contribution is -2.52. The number of piperidine rings is 1. The highest BCUT2D eigenvalue weighted by molar-refractivity contribution is 4.92. The van der Waals surface area contributed by atoms with Crippen LogP contribution in [-0.4, -0.2) is 36.6 Å². The zero-order valence-corrected chi connectivity index (χ0v) is 15.2. The van der Waals surface area contributed by atoms with Crippen LogP contribution in [0, 0.1) is 10.8 Å². The van der Waals surface area contributed by atoms with E-state index in [1.165, 1.54) is 71.1 Å². The number of hydrogen-bond acceptors (Lipinski definition) is 2. The van der Waals surface area contributed by atoms with E-state index in [2.05, 4.69) is 44.8 Å². The molecule has 1 aliphatic heterocycles. The normalized spacial score (nSPS) is 26.7. The number of rotatable bonds is 4. The lowest BCUT2D eigenvalue weighted by molar-refractivity contribution is 0.0455. The van der Waals surface area contributed by atoms with Crippen molar-refractivity contribution in [1.82, 2.24) is 10.2 Å². The largest absolute Gasteiger partial charge is 0.311 e. The van der Waals surface area contributed by atoms with Crippen molar-refractivity contribution in [2.75, 3.05) is 26.2 Å². The van der Waals surface area contributed by atoms with E-state index in [0.29, 0.717) is 10.8 Å². The van der Waals surface area contributed by atoms with Crippen molar-refractivity contribution < 1.29 is 0 Å². The Balaban J connectivity index is 1.98. The molecule has 0 unspecified atom stereocenters. The summed E-state index contributed by atoms with van der Waals surface area (Å²) < 4.78 is 0. The van der Waals surface area contributed by atoms with Crippen molar-refractivity contribution in [2.45, 2.75) is 85.1 Å². The van der Waals surface area contributed by atoms with E-state index >= 15 is 0 Å². The van der Waals surface area contributed by atoms with Crippen molar-refractivity contribution in [3.05, 3.63) is 0 Å². The summed E-state index contributed by atoms with van der Waals surface area (Å²) in [4.78, 5) is 2.78. The molecule has 1 saturated carbocycles. The molecular weight excluding hydrogens is 256 g/mol. The van der Waals surface area contributed by atoms with E-state index in [1.54, 1.807) is 0 Å². The highest BCUT2D eigenvalue weighted by Crippen LogP contribution is 2.39. The van der Waals surface area contributed by atoms with Crippen LogP contribution >= 0.6 is 0 Å². The van der Waals surface area contributed by atoms with Crippen LogP contribution in [0.5, 0.6) is 0 Å². The fraction of sp³-hybridized carbons (Fsp3) is 1.00. The van der Waals surface area contributed by atoms with Gasteiger partial charge in [-0.2, -0.15) is 0 Å². The monoisotopic (exact) mass is 294 g/mol. The van der Waals surface area contributed by atoms with E-state index in [1.807, 2.05) is 0 Å². The van der Waals surface area contributed by atoms with Gasteiger partial charge < -0.3 is 10.2 Å². The SMILES string of the molecule is CC1(C)CCCN(CC2(CNC(C)(C)C)CCCCC2)C1. The van der Waals surface area contributed by atoms with Crippen LogP contribution in [0.25, 0.3) is 0 Å². The van der Waals surface area contributed by atoms with Gasteiger partial charge in [-0.1, -0.05) is 33.1 Å². The molecule has 0 aromatic heterocycles. The predicted molar refractivity (Wildman–Crippen MR) is 92.7 cm³/mol. The predicted octanol–water partition coefficient (Wildman–Crippen LogP) is 4.45. The maximum atomic E-state index is 3.82. The number of likely N-dealkylation sites (tertiary alicyclic amines) is 1. The quantitative estimate of drug-likeness (QED) is 0.824. The van der Waals surface area contributed by atoms with E-state index in [4.69, 9.17) is 0 Å². The third-order valence-corrected chi connectivity index (χ3v) is 5.45. The maximum absolute atomic E-state index is 3.82. The molecule has 1 aliphatic carbocycles. The Kier molecular flexibility index (Phi) is 5.41. The highest BCUT2D eigenvalue weighted by Gasteiger charge is 2.37. The summed E-state index contributed by atoms with van der Waals surface area (Å²) in [6.45, 7) is 16.9. The summed E-state index contributed by atoms with van der Waals surface area (Å²) in [5.41, 5.74) is 1.29. The van der Waals surface area contributed by atoms with Gasteiger partial charge in [0.15, 0.2) is 0 Å². The van der Waals surface area contributed by atoms with Gasteiger partial charge in [0.1, 0.15) is 0 Å². The Bertz CT molecular complexity index is 321. The van der Waals surface area contributed by atoms with E-state index in [0.717, 1.165) is 0 Å². The van der Waals surface area contributed by atoms with Crippen molar-refractivity contribution in [3.8, 4) is 0 Å². The maximum Gasteiger partial charge on any atom is 0.00967 e. The van der Waals surface area contributed by atoms with Gasteiger partial charge in [-0.15, -0.1) is 0 Å². The molecule has 0 aromatic rings. The molecule has 0 amide bonds. The second-order valence-corrected chi connectivity index (χ2v) is 9.64. The fourth-order valence-corrected chi connectivity index (χ4v) is 4.30. The second-order valence-electron chi connectivity index (χ2n) is 9.64. The molecule has 2 rings (SSSR count). The summed E-state index contributed by atoms with van der Waals surface area (Å²) >= 11 is 0. The summed E-state index contributed by atoms with van der Waals surface area (Å²) in [5.74, 6) is 0. The Morgan fingerprint density at radius 1 is 0.952 bits per heavy atom. The van der Waals surface area contributed by atoms with Crippen LogP contribution in [0.15, 0.2) is 0 Å². The Morgan fingerprint density at radius 3 is 2.19 bits per heavy atom. The van der Waals surface area contributed by atoms with Crippen LogP contribution < -0.4 is 5.32 Å². The van der Waals surface area contributed by atoms with Gasteiger partial charge in [-0.25, -0.2) is 0 Å². The summed E-state index contributed by atoms with van der Waals surface area (Å²) in [6, 6.07) is 0. The number of hydrogen-bond donors (Lipinski definition) is 1. The van der Waals surface area contributed by atoms with Gasteiger partial charge in [0.2, 0.25) is 0 Å². The number of nitrogens with zero attached hydrogens (tertiary/aromatic N) is 1. The van der Waals surface area contributed by atoms with Crippen LogP contribution in [0.2, 0.25) is 0 Å². The van der Waals surface area contributed by atoms with E-state index < -0.39 is 0 Å². The smallest absolute Gasteiger partial charge is 0.00967 e. The first-order valence-electron chi connectivity index (χ1n) is 9.17. The summed E-state index contributed by atoms with van der Waals surface area (Å²) in [6.07, 6.45) is 9.95. The Labute approximate surface area is 133 Å². The van der Waals surface area contributed by atoms with Gasteiger partial charge in [-0.05, 0) is 63.8 Å². The van der Waals surface area contributed by atoms with Crippen LogP contribution in [0.4, 0.5) is 0 Å². The molecule has 124 valence electrons. The molecule has 0 spiro atoms. The number of nitrogens with one attached hydrogen (secondary N) is 1. The van der Waals surface area contributed by atoms with Gasteiger partial charge in [0.25, 0.3) is 0 Å². The Hall–Kier alpha value is -0.0800. The average molecular weight is 295 g/mol. The minimum absolute atomic E-state index is 0.242. The molecule has 21 heavy (non-hydrogen) atoms. The standard InChI is InChI=1S/C19H38N2/c1-17(2,3)20-14-19(11-7-6-8-12-19)16-21-13-9-10-18(4,5)15-21/h20H,6-16H2,1-5H3. The topological polar surface area (TPSA) is 15.3 Å². The van der Waals surface area contributed by atoms with E-state index in [9.17, 15) is 0 Å². The first-order valence-corrected chi connectivity index (χ1v) is 9.17. The molecule has 2 aliphatic rings. The molecular formula is C19H38N2. The van der Waals surface area contributed by atoms with Crippen molar-refractivity contribution >= 4 is 0 Å². The molecule has 2 heteroatoms. The van der Waals surface area contributed by atoms with Gasteiger partial charge >= 0.3 is 0 Å². The van der Waals surface area contributed by atoms with Gasteiger partial charge in [0.05, 0.1) is 0 Å². The lowest BCUT2D eigenvalue weighted by Gasteiger charge is -2.46. The Morgan fingerprint density at radius 2 is 1.62 bits per heavy atom. The molecule has 2 fully saturated rings. The second kappa shape index (κ2) is 6.58. The molecule has 2 nitrogen and oxygen atoms in total. The van der Waals surface area contributed by atoms with Gasteiger partial charge in [0, 0.05) is 25.2 Å².